The first-order valence-corrected chi connectivity index (χ1v) is 10.0. The molecule has 2 aromatic carbocycles. The van der Waals surface area contributed by atoms with Crippen LogP contribution in [-0.2, 0) is 4.79 Å². The molecule has 0 bridgehead atoms. The van der Waals surface area contributed by atoms with Gasteiger partial charge in [-0.1, -0.05) is 44.2 Å². The zero-order valence-electron chi connectivity index (χ0n) is 15.3. The Bertz CT molecular complexity index is 1120. The molecule has 1 aliphatic heterocycles. The number of allylic oxidation sites excluding steroid dienone is 1. The zero-order chi connectivity index (χ0) is 18.8. The van der Waals surface area contributed by atoms with E-state index in [1.165, 1.54) is 21.9 Å². The average Bonchev–Trinajstić information content (AvgIpc) is 3.05. The van der Waals surface area contributed by atoms with E-state index in [1.807, 2.05) is 12.1 Å². The lowest BCUT2D eigenvalue weighted by molar-refractivity contribution is -0.118. The Morgan fingerprint density at radius 1 is 1.07 bits per heavy atom. The molecule has 1 N–H and O–H groups in total. The molecule has 5 rings (SSSR count). The van der Waals surface area contributed by atoms with Crippen LogP contribution >= 0.6 is 15.9 Å². The summed E-state index contributed by atoms with van der Waals surface area (Å²) in [7, 11) is 0. The van der Waals surface area contributed by atoms with E-state index in [9.17, 15) is 4.79 Å². The molecule has 3 aromatic rings. The van der Waals surface area contributed by atoms with Crippen LogP contribution in [0.5, 0.6) is 0 Å². The third-order valence-corrected chi connectivity index (χ3v) is 6.04. The van der Waals surface area contributed by atoms with Crippen LogP contribution in [0.4, 0.5) is 5.69 Å². The summed E-state index contributed by atoms with van der Waals surface area (Å²) < 4.78 is 6.52. The van der Waals surface area contributed by atoms with Gasteiger partial charge in [-0.2, -0.15) is 0 Å². The van der Waals surface area contributed by atoms with E-state index in [1.54, 1.807) is 0 Å². The summed E-state index contributed by atoms with van der Waals surface area (Å²) in [4.78, 5) is 13.2. The van der Waals surface area contributed by atoms with Gasteiger partial charge in [0.2, 0.25) is 0 Å². The van der Waals surface area contributed by atoms with Gasteiger partial charge in [-0.25, -0.2) is 0 Å². The SMILES string of the molecule is CC1(C)CC(=O)C2=C(C1)c1c(ccc3ccccc13)N[C@@H]2c1ccc(Br)o1. The number of hydrogen-bond acceptors (Lipinski definition) is 3. The van der Waals surface area contributed by atoms with Gasteiger partial charge in [0.1, 0.15) is 11.8 Å². The molecule has 0 fully saturated rings. The van der Waals surface area contributed by atoms with E-state index in [2.05, 4.69) is 71.5 Å². The minimum atomic E-state index is -0.247. The van der Waals surface area contributed by atoms with Gasteiger partial charge in [0.25, 0.3) is 0 Å². The second-order valence-corrected chi connectivity index (χ2v) is 9.04. The lowest BCUT2D eigenvalue weighted by Crippen LogP contribution is -2.33. The van der Waals surface area contributed by atoms with E-state index in [-0.39, 0.29) is 17.2 Å². The van der Waals surface area contributed by atoms with E-state index in [0.717, 1.165) is 23.4 Å². The predicted molar refractivity (Wildman–Crippen MR) is 112 cm³/mol. The number of furan rings is 1. The fourth-order valence-electron chi connectivity index (χ4n) is 4.53. The molecule has 0 radical (unpaired) electrons. The fourth-order valence-corrected chi connectivity index (χ4v) is 4.85. The summed E-state index contributed by atoms with van der Waals surface area (Å²) in [6.45, 7) is 4.36. The molecule has 27 heavy (non-hydrogen) atoms. The van der Waals surface area contributed by atoms with Crippen molar-refractivity contribution >= 4 is 43.7 Å². The average molecular weight is 422 g/mol. The number of rotatable bonds is 1. The van der Waals surface area contributed by atoms with Crippen molar-refractivity contribution < 1.29 is 9.21 Å². The number of hydrogen-bond donors (Lipinski definition) is 1. The molecule has 1 atom stereocenters. The minimum absolute atomic E-state index is 0.0459. The van der Waals surface area contributed by atoms with E-state index in [0.29, 0.717) is 11.1 Å². The molecule has 2 aliphatic rings. The van der Waals surface area contributed by atoms with Gasteiger partial charge in [0.15, 0.2) is 10.5 Å². The van der Waals surface area contributed by atoms with Crippen molar-refractivity contribution in [2.45, 2.75) is 32.7 Å². The first-order chi connectivity index (χ1) is 12.9. The maximum atomic E-state index is 13.2. The Kier molecular flexibility index (Phi) is 3.63. The van der Waals surface area contributed by atoms with Gasteiger partial charge < -0.3 is 9.73 Å². The Morgan fingerprint density at radius 2 is 1.89 bits per heavy atom. The highest BCUT2D eigenvalue weighted by atomic mass is 79.9. The molecule has 2 heterocycles. The Balaban J connectivity index is 1.81. The minimum Gasteiger partial charge on any atom is -0.452 e. The summed E-state index contributed by atoms with van der Waals surface area (Å²) in [5.74, 6) is 0.978. The normalized spacial score (nSPS) is 21.0. The highest BCUT2D eigenvalue weighted by molar-refractivity contribution is 9.10. The number of benzene rings is 2. The lowest BCUT2D eigenvalue weighted by atomic mass is 9.68. The predicted octanol–water partition coefficient (Wildman–Crippen LogP) is 6.50. The first kappa shape index (κ1) is 16.8. The highest BCUT2D eigenvalue weighted by Crippen LogP contribution is 2.52. The molecule has 1 aromatic heterocycles. The van der Waals surface area contributed by atoms with Crippen LogP contribution in [0.3, 0.4) is 0 Å². The second kappa shape index (κ2) is 5.83. The number of carbonyl (C=O) groups is 1. The van der Waals surface area contributed by atoms with Crippen molar-refractivity contribution in [3.8, 4) is 0 Å². The van der Waals surface area contributed by atoms with E-state index in [4.69, 9.17) is 4.42 Å². The van der Waals surface area contributed by atoms with Crippen molar-refractivity contribution in [1.82, 2.24) is 0 Å². The number of Topliss-reactive ketones (excluding diaryl/α,β-unsaturated/α-hetero) is 1. The summed E-state index contributed by atoms with van der Waals surface area (Å²) in [5, 5.41) is 5.97. The molecular weight excluding hydrogens is 402 g/mol. The summed E-state index contributed by atoms with van der Waals surface area (Å²) in [5.41, 5.74) is 4.22. The number of nitrogens with one attached hydrogen (secondary N) is 1. The van der Waals surface area contributed by atoms with Crippen molar-refractivity contribution in [3.63, 3.8) is 0 Å². The third-order valence-electron chi connectivity index (χ3n) is 5.62. The van der Waals surface area contributed by atoms with Crippen molar-refractivity contribution in [1.29, 1.82) is 0 Å². The quantitative estimate of drug-likeness (QED) is 0.487. The van der Waals surface area contributed by atoms with Gasteiger partial charge in [-0.05, 0) is 62.3 Å². The third kappa shape index (κ3) is 2.66. The van der Waals surface area contributed by atoms with E-state index < -0.39 is 0 Å². The van der Waals surface area contributed by atoms with E-state index >= 15 is 0 Å². The number of carbonyl (C=O) groups excluding carboxylic acids is 1. The standard InChI is InChI=1S/C23H20BrNO2/c1-23(2)11-15-20-14-6-4-3-5-13(14)7-8-16(20)25-22(21(15)17(26)12-23)18-9-10-19(24)27-18/h3-10,22,25H,11-12H2,1-2H3/t22-/m1/s1. The smallest absolute Gasteiger partial charge is 0.169 e. The van der Waals surface area contributed by atoms with Crippen LogP contribution in [0.15, 0.2) is 63.2 Å². The van der Waals surface area contributed by atoms with Crippen molar-refractivity contribution in [3.05, 3.63) is 70.1 Å². The molecule has 136 valence electrons. The summed E-state index contributed by atoms with van der Waals surface area (Å²) in [6, 6.07) is 16.2. The van der Waals surface area contributed by atoms with Crippen molar-refractivity contribution in [2.75, 3.05) is 5.32 Å². The van der Waals surface area contributed by atoms with Crippen LogP contribution in [0.2, 0.25) is 0 Å². The van der Waals surface area contributed by atoms with Gasteiger partial charge in [0.05, 0.1) is 0 Å². The molecule has 3 nitrogen and oxygen atoms in total. The van der Waals surface area contributed by atoms with Crippen LogP contribution in [0, 0.1) is 5.41 Å². The van der Waals surface area contributed by atoms with Crippen LogP contribution in [-0.4, -0.2) is 5.78 Å². The Hall–Kier alpha value is -2.33. The maximum absolute atomic E-state index is 13.2. The molecular formula is C23H20BrNO2. The van der Waals surface area contributed by atoms with Crippen LogP contribution < -0.4 is 5.32 Å². The lowest BCUT2D eigenvalue weighted by Gasteiger charge is -2.39. The number of anilines is 1. The van der Waals surface area contributed by atoms with Crippen LogP contribution in [0.25, 0.3) is 16.3 Å². The number of ketones is 1. The second-order valence-electron chi connectivity index (χ2n) is 8.26. The fraction of sp³-hybridized carbons (Fsp3) is 0.261. The van der Waals surface area contributed by atoms with Gasteiger partial charge >= 0.3 is 0 Å². The number of fused-ring (bicyclic) bond motifs is 4. The van der Waals surface area contributed by atoms with Gasteiger partial charge in [0, 0.05) is 23.2 Å². The summed E-state index contributed by atoms with van der Waals surface area (Å²) >= 11 is 3.39. The molecule has 0 saturated heterocycles. The van der Waals surface area contributed by atoms with Crippen LogP contribution in [0.1, 0.15) is 44.1 Å². The monoisotopic (exact) mass is 421 g/mol. The highest BCUT2D eigenvalue weighted by Gasteiger charge is 2.41. The molecule has 0 amide bonds. The first-order valence-electron chi connectivity index (χ1n) is 9.23. The molecule has 4 heteroatoms. The maximum Gasteiger partial charge on any atom is 0.169 e. The topological polar surface area (TPSA) is 42.2 Å². The Morgan fingerprint density at radius 3 is 2.67 bits per heavy atom. The zero-order valence-corrected chi connectivity index (χ0v) is 16.9. The molecule has 0 spiro atoms. The van der Waals surface area contributed by atoms with Gasteiger partial charge in [-0.3, -0.25) is 4.79 Å². The summed E-state index contributed by atoms with van der Waals surface area (Å²) in [6.07, 6.45) is 1.45. The Labute approximate surface area is 166 Å². The van der Waals surface area contributed by atoms with Crippen molar-refractivity contribution in [2.24, 2.45) is 5.41 Å². The number of halogens is 1. The molecule has 0 unspecified atom stereocenters. The van der Waals surface area contributed by atoms with Gasteiger partial charge in [-0.15, -0.1) is 0 Å². The molecule has 1 aliphatic carbocycles. The largest absolute Gasteiger partial charge is 0.452 e. The molecule has 0 saturated carbocycles.